The third-order valence-electron chi connectivity index (χ3n) is 3.02. The predicted octanol–water partition coefficient (Wildman–Crippen LogP) is 3.16. The predicted molar refractivity (Wildman–Crippen MR) is 65.0 cm³/mol. The van der Waals surface area contributed by atoms with Crippen molar-refractivity contribution in [2.45, 2.75) is 32.3 Å². The van der Waals surface area contributed by atoms with Crippen LogP contribution in [0.3, 0.4) is 0 Å². The number of nitrogens with zero attached hydrogens (tertiary/aromatic N) is 1. The largest absolute Gasteiger partial charge is 0.494 e. The van der Waals surface area contributed by atoms with Gasteiger partial charge in [0.05, 0.1) is 18.6 Å². The normalized spacial score (nSPS) is 23.1. The van der Waals surface area contributed by atoms with E-state index >= 15 is 0 Å². The van der Waals surface area contributed by atoms with Crippen molar-refractivity contribution >= 4 is 0 Å². The van der Waals surface area contributed by atoms with Crippen LogP contribution in [0.4, 0.5) is 0 Å². The van der Waals surface area contributed by atoms with Crippen molar-refractivity contribution in [3.8, 4) is 17.6 Å². The molecule has 3 nitrogen and oxygen atoms in total. The van der Waals surface area contributed by atoms with Gasteiger partial charge in [-0.3, -0.25) is 0 Å². The first kappa shape index (κ1) is 11.8. The zero-order valence-corrected chi connectivity index (χ0v) is 10.1. The quantitative estimate of drug-likeness (QED) is 0.799. The minimum atomic E-state index is 0.0331. The molecule has 0 aliphatic heterocycles. The molecule has 0 heterocycles. The molecule has 1 aliphatic carbocycles. The van der Waals surface area contributed by atoms with Gasteiger partial charge in [0.15, 0.2) is 0 Å². The van der Waals surface area contributed by atoms with Gasteiger partial charge in [-0.05, 0) is 38.3 Å². The van der Waals surface area contributed by atoms with Gasteiger partial charge in [0.2, 0.25) is 0 Å². The van der Waals surface area contributed by atoms with Gasteiger partial charge in [-0.2, -0.15) is 5.26 Å². The lowest BCUT2D eigenvalue weighted by molar-refractivity contribution is 0.182. The van der Waals surface area contributed by atoms with Crippen molar-refractivity contribution < 1.29 is 9.47 Å². The van der Waals surface area contributed by atoms with Crippen molar-refractivity contribution in [3.05, 3.63) is 24.3 Å². The third kappa shape index (κ3) is 2.91. The first-order chi connectivity index (χ1) is 8.33. The van der Waals surface area contributed by atoms with Crippen LogP contribution in [-0.2, 0) is 0 Å². The Morgan fingerprint density at radius 2 is 2.18 bits per heavy atom. The Bertz CT molecular complexity index is 411. The zero-order chi connectivity index (χ0) is 12.1. The van der Waals surface area contributed by atoms with Crippen LogP contribution in [0.1, 0.15) is 26.2 Å². The maximum atomic E-state index is 9.00. The zero-order valence-electron chi connectivity index (χ0n) is 10.1. The molecule has 0 spiro atoms. The van der Waals surface area contributed by atoms with Crippen LogP contribution in [0.2, 0.25) is 0 Å². The summed E-state index contributed by atoms with van der Waals surface area (Å²) in [7, 11) is 0. The highest BCUT2D eigenvalue weighted by Gasteiger charge is 2.28. The molecule has 1 aliphatic rings. The standard InChI is InChI=1S/C14H17NO2/c1-2-16-12-6-4-7-13(9-12)17-14-8-3-5-11(14)10-15/h4,6-7,9,11,14H,2-3,5,8H2,1H3. The molecule has 90 valence electrons. The van der Waals surface area contributed by atoms with E-state index in [1.165, 1.54) is 0 Å². The Balaban J connectivity index is 2.03. The van der Waals surface area contributed by atoms with Crippen LogP contribution < -0.4 is 9.47 Å². The lowest BCUT2D eigenvalue weighted by Crippen LogP contribution is -2.20. The van der Waals surface area contributed by atoms with Crippen LogP contribution in [0.25, 0.3) is 0 Å². The summed E-state index contributed by atoms with van der Waals surface area (Å²) in [5.74, 6) is 1.64. The molecule has 0 amide bonds. The van der Waals surface area contributed by atoms with Gasteiger partial charge in [-0.15, -0.1) is 0 Å². The number of hydrogen-bond acceptors (Lipinski definition) is 3. The van der Waals surface area contributed by atoms with E-state index < -0.39 is 0 Å². The number of benzene rings is 1. The molecule has 1 saturated carbocycles. The molecule has 3 heteroatoms. The van der Waals surface area contributed by atoms with E-state index in [1.807, 2.05) is 31.2 Å². The highest BCUT2D eigenvalue weighted by molar-refractivity contribution is 5.33. The number of rotatable bonds is 4. The smallest absolute Gasteiger partial charge is 0.123 e. The number of nitriles is 1. The molecule has 1 aromatic rings. The topological polar surface area (TPSA) is 42.2 Å². The molecular formula is C14H17NO2. The fourth-order valence-corrected chi connectivity index (χ4v) is 2.19. The van der Waals surface area contributed by atoms with Gasteiger partial charge in [0.25, 0.3) is 0 Å². The molecule has 2 rings (SSSR count). The Morgan fingerprint density at radius 3 is 2.94 bits per heavy atom. The average molecular weight is 231 g/mol. The molecule has 0 aromatic heterocycles. The van der Waals surface area contributed by atoms with Crippen molar-refractivity contribution in [1.82, 2.24) is 0 Å². The lowest BCUT2D eigenvalue weighted by atomic mass is 10.1. The summed E-state index contributed by atoms with van der Waals surface area (Å²) >= 11 is 0. The second-order valence-electron chi connectivity index (χ2n) is 4.23. The average Bonchev–Trinajstić information content (AvgIpc) is 2.77. The molecule has 1 aromatic carbocycles. The molecule has 17 heavy (non-hydrogen) atoms. The monoisotopic (exact) mass is 231 g/mol. The Kier molecular flexibility index (Phi) is 3.87. The van der Waals surface area contributed by atoms with Gasteiger partial charge >= 0.3 is 0 Å². The summed E-state index contributed by atoms with van der Waals surface area (Å²) in [5.41, 5.74) is 0. The first-order valence-corrected chi connectivity index (χ1v) is 6.12. The van der Waals surface area contributed by atoms with E-state index in [-0.39, 0.29) is 12.0 Å². The number of ether oxygens (including phenoxy) is 2. The molecule has 0 radical (unpaired) electrons. The summed E-state index contributed by atoms with van der Waals surface area (Å²) in [6.45, 7) is 2.60. The fourth-order valence-electron chi connectivity index (χ4n) is 2.19. The molecule has 1 fully saturated rings. The fraction of sp³-hybridized carbons (Fsp3) is 0.500. The second-order valence-corrected chi connectivity index (χ2v) is 4.23. The van der Waals surface area contributed by atoms with E-state index in [9.17, 15) is 0 Å². The van der Waals surface area contributed by atoms with Gasteiger partial charge < -0.3 is 9.47 Å². The molecular weight excluding hydrogens is 214 g/mol. The molecule has 2 atom stereocenters. The minimum absolute atomic E-state index is 0.0331. The lowest BCUT2D eigenvalue weighted by Gasteiger charge is -2.16. The Labute approximate surface area is 102 Å². The van der Waals surface area contributed by atoms with Crippen LogP contribution in [0, 0.1) is 17.2 Å². The van der Waals surface area contributed by atoms with Crippen molar-refractivity contribution in [2.24, 2.45) is 5.92 Å². The minimum Gasteiger partial charge on any atom is -0.494 e. The first-order valence-electron chi connectivity index (χ1n) is 6.12. The maximum Gasteiger partial charge on any atom is 0.123 e. The summed E-state index contributed by atoms with van der Waals surface area (Å²) in [6.07, 6.45) is 3.04. The van der Waals surface area contributed by atoms with Crippen LogP contribution in [0.5, 0.6) is 11.5 Å². The Hall–Kier alpha value is -1.69. The van der Waals surface area contributed by atoms with E-state index in [1.54, 1.807) is 0 Å². The summed E-state index contributed by atoms with van der Waals surface area (Å²) in [5, 5.41) is 9.00. The van der Waals surface area contributed by atoms with Crippen LogP contribution in [-0.4, -0.2) is 12.7 Å². The highest BCUT2D eigenvalue weighted by Crippen LogP contribution is 2.30. The second kappa shape index (κ2) is 5.58. The molecule has 2 unspecified atom stereocenters. The van der Waals surface area contributed by atoms with Gasteiger partial charge in [0, 0.05) is 6.07 Å². The third-order valence-corrected chi connectivity index (χ3v) is 3.02. The molecule has 0 bridgehead atoms. The summed E-state index contributed by atoms with van der Waals surface area (Å²) < 4.78 is 11.3. The molecule has 0 saturated heterocycles. The van der Waals surface area contributed by atoms with Gasteiger partial charge in [0.1, 0.15) is 17.6 Å². The van der Waals surface area contributed by atoms with Crippen molar-refractivity contribution in [1.29, 1.82) is 5.26 Å². The number of hydrogen-bond donors (Lipinski definition) is 0. The van der Waals surface area contributed by atoms with Gasteiger partial charge in [-0.1, -0.05) is 6.07 Å². The van der Waals surface area contributed by atoms with E-state index in [2.05, 4.69) is 6.07 Å². The van der Waals surface area contributed by atoms with Crippen LogP contribution >= 0.6 is 0 Å². The summed E-state index contributed by atoms with van der Waals surface area (Å²) in [4.78, 5) is 0. The maximum absolute atomic E-state index is 9.00. The summed E-state index contributed by atoms with van der Waals surface area (Å²) in [6, 6.07) is 9.94. The highest BCUT2D eigenvalue weighted by atomic mass is 16.5. The van der Waals surface area contributed by atoms with Crippen molar-refractivity contribution in [2.75, 3.05) is 6.61 Å². The van der Waals surface area contributed by atoms with Crippen molar-refractivity contribution in [3.63, 3.8) is 0 Å². The SMILES string of the molecule is CCOc1cccc(OC2CCCC2C#N)c1. The van der Waals surface area contributed by atoms with E-state index in [0.29, 0.717) is 6.61 Å². The van der Waals surface area contributed by atoms with Crippen LogP contribution in [0.15, 0.2) is 24.3 Å². The Morgan fingerprint density at radius 1 is 1.35 bits per heavy atom. The van der Waals surface area contributed by atoms with E-state index in [0.717, 1.165) is 30.8 Å². The van der Waals surface area contributed by atoms with E-state index in [4.69, 9.17) is 14.7 Å². The van der Waals surface area contributed by atoms with Gasteiger partial charge in [-0.25, -0.2) is 0 Å². The molecule has 0 N–H and O–H groups in total.